The van der Waals surface area contributed by atoms with Gasteiger partial charge < -0.3 is 14.2 Å². The number of ether oxygens (including phenoxy) is 1. The second-order valence-corrected chi connectivity index (χ2v) is 4.92. The molecule has 0 saturated carbocycles. The first-order chi connectivity index (χ1) is 10.2. The van der Waals surface area contributed by atoms with Crippen molar-refractivity contribution in [3.05, 3.63) is 18.2 Å². The zero-order chi connectivity index (χ0) is 15.2. The summed E-state index contributed by atoms with van der Waals surface area (Å²) >= 11 is 0. The van der Waals surface area contributed by atoms with E-state index < -0.39 is 0 Å². The number of esters is 1. The fourth-order valence-electron chi connectivity index (χ4n) is 2.45. The number of carbonyl (C=O) groups excluding carboxylic acids is 2. The summed E-state index contributed by atoms with van der Waals surface area (Å²) in [6.07, 6.45) is 4.62. The average molecular weight is 290 g/mol. The minimum atomic E-state index is -0.249. The summed E-state index contributed by atoms with van der Waals surface area (Å²) in [6.45, 7) is 3.20. The largest absolute Gasteiger partial charge is 0.466 e. The van der Waals surface area contributed by atoms with Gasteiger partial charge in [0.05, 0.1) is 12.5 Å². The Morgan fingerprint density at radius 1 is 1.57 bits per heavy atom. The number of imidazole rings is 1. The van der Waals surface area contributed by atoms with Crippen molar-refractivity contribution in [3.63, 3.8) is 0 Å². The van der Waals surface area contributed by atoms with E-state index in [2.05, 4.69) is 4.98 Å². The molecule has 0 bridgehead atoms. The first-order valence-corrected chi connectivity index (χ1v) is 7.01. The molecule has 112 valence electrons. The molecule has 0 unspecified atom stereocenters. The highest BCUT2D eigenvalue weighted by Gasteiger charge is 2.29. The van der Waals surface area contributed by atoms with Crippen LogP contribution >= 0.6 is 0 Å². The highest BCUT2D eigenvalue weighted by Crippen LogP contribution is 2.18. The Balaban J connectivity index is 1.96. The van der Waals surface area contributed by atoms with Crippen LogP contribution in [-0.2, 0) is 20.9 Å². The van der Waals surface area contributed by atoms with E-state index in [1.807, 2.05) is 6.07 Å². The van der Waals surface area contributed by atoms with Gasteiger partial charge in [-0.25, -0.2) is 4.98 Å². The summed E-state index contributed by atoms with van der Waals surface area (Å²) in [7, 11) is 0. The molecule has 0 spiro atoms. The molecule has 2 rings (SSSR count). The van der Waals surface area contributed by atoms with Gasteiger partial charge in [-0.15, -0.1) is 0 Å². The van der Waals surface area contributed by atoms with Crippen LogP contribution in [0.4, 0.5) is 0 Å². The lowest BCUT2D eigenvalue weighted by atomic mass is 9.98. The van der Waals surface area contributed by atoms with Gasteiger partial charge in [0.1, 0.15) is 12.6 Å². The fraction of sp³-hybridized carbons (Fsp3) is 0.571. The topological polar surface area (TPSA) is 88.2 Å². The minimum Gasteiger partial charge on any atom is -0.466 e. The molecule has 1 aliphatic heterocycles. The summed E-state index contributed by atoms with van der Waals surface area (Å²) in [4.78, 5) is 29.6. The molecule has 0 radical (unpaired) electrons. The molecule has 7 heteroatoms. The zero-order valence-corrected chi connectivity index (χ0v) is 12.0. The number of carbonyl (C=O) groups is 2. The van der Waals surface area contributed by atoms with Crippen molar-refractivity contribution in [2.24, 2.45) is 5.92 Å². The van der Waals surface area contributed by atoms with Gasteiger partial charge in [-0.05, 0) is 19.8 Å². The van der Waals surface area contributed by atoms with Gasteiger partial charge in [-0.1, -0.05) is 0 Å². The summed E-state index contributed by atoms with van der Waals surface area (Å²) in [6, 6.07) is 1.93. The molecule has 1 atom stereocenters. The molecule has 0 aliphatic carbocycles. The molecule has 1 aromatic heterocycles. The number of rotatable bonds is 4. The quantitative estimate of drug-likeness (QED) is 0.756. The van der Waals surface area contributed by atoms with Crippen LogP contribution in [0.25, 0.3) is 0 Å². The minimum absolute atomic E-state index is 0.0679. The smallest absolute Gasteiger partial charge is 0.310 e. The maximum atomic E-state index is 12.3. The number of amides is 1. The van der Waals surface area contributed by atoms with Gasteiger partial charge in [-0.3, -0.25) is 9.59 Å². The van der Waals surface area contributed by atoms with Gasteiger partial charge in [0.25, 0.3) is 0 Å². The molecular formula is C14H18N4O3. The number of nitriles is 1. The maximum Gasteiger partial charge on any atom is 0.310 e. The van der Waals surface area contributed by atoms with Crippen LogP contribution in [0, 0.1) is 17.2 Å². The Bertz CT molecular complexity index is 561. The lowest BCUT2D eigenvalue weighted by molar-refractivity contribution is -0.151. The van der Waals surface area contributed by atoms with Crippen molar-refractivity contribution in [3.8, 4) is 6.07 Å². The van der Waals surface area contributed by atoms with Gasteiger partial charge in [-0.2, -0.15) is 5.26 Å². The lowest BCUT2D eigenvalue weighted by Crippen LogP contribution is -2.44. The standard InChI is InChI=1S/C14H18N4O3/c1-2-21-14(20)11-4-3-6-18(9-11)13(19)10-17-7-5-16-12(17)8-15/h5,7,11H,2-4,6,9-10H2,1H3/t11-/m0/s1. The Kier molecular flexibility index (Phi) is 4.93. The SMILES string of the molecule is CCOC(=O)[C@H]1CCCN(C(=O)Cn2ccnc2C#N)C1. The molecule has 1 aliphatic rings. The van der Waals surface area contributed by atoms with E-state index in [4.69, 9.17) is 10.00 Å². The molecule has 21 heavy (non-hydrogen) atoms. The number of piperidine rings is 1. The normalized spacial score (nSPS) is 18.1. The Morgan fingerprint density at radius 3 is 3.10 bits per heavy atom. The highest BCUT2D eigenvalue weighted by molar-refractivity contribution is 5.78. The molecule has 7 nitrogen and oxygen atoms in total. The predicted octanol–water partition coefficient (Wildman–Crippen LogP) is 0.556. The zero-order valence-electron chi connectivity index (χ0n) is 12.0. The maximum absolute atomic E-state index is 12.3. The van der Waals surface area contributed by atoms with E-state index in [-0.39, 0.29) is 30.2 Å². The van der Waals surface area contributed by atoms with Crippen LogP contribution < -0.4 is 0 Å². The number of hydrogen-bond acceptors (Lipinski definition) is 5. The van der Waals surface area contributed by atoms with Crippen molar-refractivity contribution in [2.45, 2.75) is 26.3 Å². The van der Waals surface area contributed by atoms with Crippen LogP contribution in [0.5, 0.6) is 0 Å². The van der Waals surface area contributed by atoms with Crippen LogP contribution in [-0.4, -0.2) is 46.0 Å². The van der Waals surface area contributed by atoms with E-state index in [1.54, 1.807) is 18.0 Å². The molecular weight excluding hydrogens is 272 g/mol. The molecule has 0 aromatic carbocycles. The van der Waals surface area contributed by atoms with Crippen molar-refractivity contribution in [2.75, 3.05) is 19.7 Å². The first kappa shape index (κ1) is 15.0. The van der Waals surface area contributed by atoms with Crippen LogP contribution in [0.3, 0.4) is 0 Å². The Hall–Kier alpha value is -2.36. The highest BCUT2D eigenvalue weighted by atomic mass is 16.5. The van der Waals surface area contributed by atoms with Crippen molar-refractivity contribution < 1.29 is 14.3 Å². The summed E-state index contributed by atoms with van der Waals surface area (Å²) in [5.41, 5.74) is 0. The number of likely N-dealkylation sites (tertiary alicyclic amines) is 1. The second-order valence-electron chi connectivity index (χ2n) is 4.92. The van der Waals surface area contributed by atoms with Crippen molar-refractivity contribution >= 4 is 11.9 Å². The predicted molar refractivity (Wildman–Crippen MR) is 72.9 cm³/mol. The molecule has 2 heterocycles. The van der Waals surface area contributed by atoms with E-state index >= 15 is 0 Å². The van der Waals surface area contributed by atoms with E-state index in [9.17, 15) is 9.59 Å². The van der Waals surface area contributed by atoms with Gasteiger partial charge in [0.15, 0.2) is 0 Å². The van der Waals surface area contributed by atoms with Gasteiger partial charge in [0.2, 0.25) is 11.7 Å². The Labute approximate surface area is 123 Å². The van der Waals surface area contributed by atoms with Crippen LogP contribution in [0.15, 0.2) is 12.4 Å². The van der Waals surface area contributed by atoms with Crippen molar-refractivity contribution in [1.29, 1.82) is 5.26 Å². The van der Waals surface area contributed by atoms with Gasteiger partial charge in [0, 0.05) is 25.5 Å². The van der Waals surface area contributed by atoms with E-state index in [1.165, 1.54) is 10.8 Å². The van der Waals surface area contributed by atoms with Crippen molar-refractivity contribution in [1.82, 2.24) is 14.5 Å². The van der Waals surface area contributed by atoms with E-state index in [0.29, 0.717) is 19.7 Å². The van der Waals surface area contributed by atoms with Crippen LogP contribution in [0.2, 0.25) is 0 Å². The summed E-state index contributed by atoms with van der Waals surface area (Å²) in [5.74, 6) is -0.392. The third kappa shape index (κ3) is 3.60. The molecule has 1 aromatic rings. The van der Waals surface area contributed by atoms with Crippen LogP contribution in [0.1, 0.15) is 25.6 Å². The number of hydrogen-bond donors (Lipinski definition) is 0. The van der Waals surface area contributed by atoms with E-state index in [0.717, 1.165) is 12.8 Å². The lowest BCUT2D eigenvalue weighted by Gasteiger charge is -2.31. The van der Waals surface area contributed by atoms with Gasteiger partial charge >= 0.3 is 5.97 Å². The molecule has 0 N–H and O–H groups in total. The second kappa shape index (κ2) is 6.88. The molecule has 1 fully saturated rings. The summed E-state index contributed by atoms with van der Waals surface area (Å²) in [5, 5.41) is 8.89. The number of nitrogens with zero attached hydrogens (tertiary/aromatic N) is 4. The average Bonchev–Trinajstić information content (AvgIpc) is 2.94. The molecule has 1 amide bonds. The summed E-state index contributed by atoms with van der Waals surface area (Å²) < 4.78 is 6.53. The fourth-order valence-corrected chi connectivity index (χ4v) is 2.45. The first-order valence-electron chi connectivity index (χ1n) is 7.01. The Morgan fingerprint density at radius 2 is 2.38 bits per heavy atom. The monoisotopic (exact) mass is 290 g/mol. The molecule has 1 saturated heterocycles. The third-order valence-electron chi connectivity index (χ3n) is 3.52. The number of aromatic nitrogens is 2. The third-order valence-corrected chi connectivity index (χ3v) is 3.52.